The lowest BCUT2D eigenvalue weighted by Gasteiger charge is -2.47. The minimum Gasteiger partial charge on any atom is -0.481 e. The summed E-state index contributed by atoms with van der Waals surface area (Å²) in [4.78, 5) is 24.4. The van der Waals surface area contributed by atoms with E-state index in [0.717, 1.165) is 0 Å². The number of carbonyl (C=O) groups excluding carboxylic acids is 1. The number of carbonyl (C=O) groups is 2. The summed E-state index contributed by atoms with van der Waals surface area (Å²) in [6, 6.07) is 0. The highest BCUT2D eigenvalue weighted by Gasteiger charge is 2.60. The summed E-state index contributed by atoms with van der Waals surface area (Å²) >= 11 is 0. The van der Waals surface area contributed by atoms with Gasteiger partial charge in [0.25, 0.3) is 0 Å². The smallest absolute Gasteiger partial charge is 0.313 e. The van der Waals surface area contributed by atoms with E-state index in [1.54, 1.807) is 6.92 Å². The normalized spacial score (nSPS) is 15.1. The molecule has 0 aliphatic carbocycles. The van der Waals surface area contributed by atoms with Gasteiger partial charge in [0.15, 0.2) is 0 Å². The van der Waals surface area contributed by atoms with Crippen molar-refractivity contribution < 1.29 is 19.4 Å². The van der Waals surface area contributed by atoms with Crippen LogP contribution in [0.25, 0.3) is 0 Å². The Bertz CT molecular complexity index is 318. The second-order valence-electron chi connectivity index (χ2n) is 5.29. The molecule has 0 bridgehead atoms. The number of ether oxygens (including phenoxy) is 1. The average Bonchev–Trinajstić information content (AvgIpc) is 2.35. The Morgan fingerprint density at radius 3 is 1.74 bits per heavy atom. The van der Waals surface area contributed by atoms with Gasteiger partial charge in [0.2, 0.25) is 0 Å². The van der Waals surface area contributed by atoms with E-state index in [2.05, 4.69) is 0 Å². The first-order chi connectivity index (χ1) is 8.80. The van der Waals surface area contributed by atoms with Gasteiger partial charge in [-0.2, -0.15) is 0 Å². The molecule has 19 heavy (non-hydrogen) atoms. The van der Waals surface area contributed by atoms with Crippen molar-refractivity contribution in [2.45, 2.75) is 60.8 Å². The molecule has 0 aromatic heterocycles. The zero-order valence-electron chi connectivity index (χ0n) is 13.1. The molecule has 0 aromatic rings. The number of esters is 1. The second kappa shape index (κ2) is 6.92. The third kappa shape index (κ3) is 2.63. The topological polar surface area (TPSA) is 63.6 Å². The van der Waals surface area contributed by atoms with Gasteiger partial charge in [-0.25, -0.2) is 0 Å². The summed E-state index contributed by atoms with van der Waals surface area (Å²) in [5.74, 6) is -1.37. The van der Waals surface area contributed by atoms with E-state index < -0.39 is 16.8 Å². The van der Waals surface area contributed by atoms with Crippen molar-refractivity contribution in [1.82, 2.24) is 0 Å². The van der Waals surface area contributed by atoms with Gasteiger partial charge in [-0.05, 0) is 32.1 Å². The fraction of sp³-hybridized carbons (Fsp3) is 0.867. The van der Waals surface area contributed by atoms with Crippen molar-refractivity contribution in [3.05, 3.63) is 0 Å². The summed E-state index contributed by atoms with van der Waals surface area (Å²) in [5, 5.41) is 9.75. The molecule has 112 valence electrons. The summed E-state index contributed by atoms with van der Waals surface area (Å²) in [6.07, 6.45) is 1.31. The van der Waals surface area contributed by atoms with E-state index in [4.69, 9.17) is 4.74 Å². The highest BCUT2D eigenvalue weighted by atomic mass is 16.5. The molecule has 0 aliphatic rings. The molecule has 0 saturated carbocycles. The summed E-state index contributed by atoms with van der Waals surface area (Å²) in [7, 11) is 0. The second-order valence-corrected chi connectivity index (χ2v) is 5.29. The van der Waals surface area contributed by atoms with Crippen LogP contribution in [-0.4, -0.2) is 23.7 Å². The number of rotatable bonds is 8. The van der Waals surface area contributed by atoms with Gasteiger partial charge in [-0.1, -0.05) is 34.6 Å². The van der Waals surface area contributed by atoms with E-state index in [1.165, 1.54) is 0 Å². The molecule has 0 amide bonds. The molecule has 0 radical (unpaired) electrons. The van der Waals surface area contributed by atoms with Crippen LogP contribution in [0.15, 0.2) is 0 Å². The molecule has 1 N–H and O–H groups in total. The molecular weight excluding hydrogens is 244 g/mol. The first kappa shape index (κ1) is 17.9. The van der Waals surface area contributed by atoms with E-state index in [1.807, 2.05) is 34.6 Å². The molecule has 0 aromatic carbocycles. The van der Waals surface area contributed by atoms with Crippen molar-refractivity contribution in [3.63, 3.8) is 0 Å². The highest BCUT2D eigenvalue weighted by molar-refractivity contribution is 5.87. The van der Waals surface area contributed by atoms with Crippen molar-refractivity contribution in [3.8, 4) is 0 Å². The van der Waals surface area contributed by atoms with E-state index >= 15 is 0 Å². The van der Waals surface area contributed by atoms with E-state index in [9.17, 15) is 14.7 Å². The fourth-order valence-electron chi connectivity index (χ4n) is 3.51. The van der Waals surface area contributed by atoms with Gasteiger partial charge in [-0.15, -0.1) is 0 Å². The number of carboxylic acids is 1. The quantitative estimate of drug-likeness (QED) is 0.687. The first-order valence-corrected chi connectivity index (χ1v) is 7.21. The summed E-state index contributed by atoms with van der Waals surface area (Å²) in [6.45, 7) is 11.4. The van der Waals surface area contributed by atoms with Gasteiger partial charge >= 0.3 is 11.9 Å². The Balaban J connectivity index is 6.07. The number of hydrogen-bond donors (Lipinski definition) is 1. The SMILES string of the molecule is CCOC(=O)C(CC)(C(C)C)C(CC)(CC)C(=O)O. The van der Waals surface area contributed by atoms with Gasteiger partial charge in [-0.3, -0.25) is 9.59 Å². The monoisotopic (exact) mass is 272 g/mol. The molecule has 0 spiro atoms. The number of aliphatic carboxylic acids is 1. The highest BCUT2D eigenvalue weighted by Crippen LogP contribution is 2.53. The van der Waals surface area contributed by atoms with Gasteiger partial charge in [0.1, 0.15) is 0 Å². The van der Waals surface area contributed by atoms with Crippen molar-refractivity contribution in [2.75, 3.05) is 6.61 Å². The Morgan fingerprint density at radius 1 is 1.05 bits per heavy atom. The summed E-state index contributed by atoms with van der Waals surface area (Å²) in [5.41, 5.74) is -2.04. The van der Waals surface area contributed by atoms with Crippen LogP contribution >= 0.6 is 0 Å². The predicted molar refractivity (Wildman–Crippen MR) is 74.8 cm³/mol. The maximum Gasteiger partial charge on any atom is 0.313 e. The Hall–Kier alpha value is -1.06. The van der Waals surface area contributed by atoms with Crippen LogP contribution in [0.1, 0.15) is 60.8 Å². The molecule has 0 heterocycles. The fourth-order valence-corrected chi connectivity index (χ4v) is 3.51. The average molecular weight is 272 g/mol. The Kier molecular flexibility index (Phi) is 6.53. The van der Waals surface area contributed by atoms with E-state index in [-0.39, 0.29) is 18.5 Å². The van der Waals surface area contributed by atoms with Crippen molar-refractivity contribution >= 4 is 11.9 Å². The Labute approximate surface area is 116 Å². The zero-order chi connectivity index (χ0) is 15.3. The molecule has 0 rings (SSSR count). The minimum atomic E-state index is -1.07. The third-order valence-electron chi connectivity index (χ3n) is 4.65. The lowest BCUT2D eigenvalue weighted by molar-refractivity contribution is -0.185. The van der Waals surface area contributed by atoms with Crippen LogP contribution in [0, 0.1) is 16.7 Å². The molecular formula is C15H28O4. The maximum atomic E-state index is 12.5. The van der Waals surface area contributed by atoms with Crippen LogP contribution in [0.3, 0.4) is 0 Å². The molecule has 1 atom stereocenters. The van der Waals surface area contributed by atoms with Crippen LogP contribution in [-0.2, 0) is 14.3 Å². The number of hydrogen-bond acceptors (Lipinski definition) is 3. The zero-order valence-corrected chi connectivity index (χ0v) is 13.1. The maximum absolute atomic E-state index is 12.5. The predicted octanol–water partition coefficient (Wildman–Crippen LogP) is 3.49. The van der Waals surface area contributed by atoms with Crippen LogP contribution < -0.4 is 0 Å². The van der Waals surface area contributed by atoms with Crippen molar-refractivity contribution in [1.29, 1.82) is 0 Å². The lowest BCUT2D eigenvalue weighted by Crippen LogP contribution is -2.55. The van der Waals surface area contributed by atoms with Gasteiger partial charge < -0.3 is 9.84 Å². The van der Waals surface area contributed by atoms with E-state index in [0.29, 0.717) is 19.3 Å². The summed E-state index contributed by atoms with van der Waals surface area (Å²) < 4.78 is 5.22. The van der Waals surface area contributed by atoms with Crippen LogP contribution in [0.5, 0.6) is 0 Å². The molecule has 1 unspecified atom stereocenters. The number of carboxylic acid groups (broad SMARTS) is 1. The van der Waals surface area contributed by atoms with Crippen LogP contribution in [0.2, 0.25) is 0 Å². The lowest BCUT2D eigenvalue weighted by atomic mass is 9.54. The molecule has 0 saturated heterocycles. The van der Waals surface area contributed by atoms with Crippen LogP contribution in [0.4, 0.5) is 0 Å². The van der Waals surface area contributed by atoms with Crippen molar-refractivity contribution in [2.24, 2.45) is 16.7 Å². The first-order valence-electron chi connectivity index (χ1n) is 7.21. The molecule has 0 aliphatic heterocycles. The van der Waals surface area contributed by atoms with Gasteiger partial charge in [0.05, 0.1) is 17.4 Å². The van der Waals surface area contributed by atoms with Gasteiger partial charge in [0, 0.05) is 0 Å². The third-order valence-corrected chi connectivity index (χ3v) is 4.65. The minimum absolute atomic E-state index is 0.0902. The molecule has 4 heteroatoms. The Morgan fingerprint density at radius 2 is 1.53 bits per heavy atom. The molecule has 0 fully saturated rings. The molecule has 4 nitrogen and oxygen atoms in total. The largest absolute Gasteiger partial charge is 0.481 e. The standard InChI is InChI=1S/C15H28O4/c1-7-14(8-2,12(16)17)15(9-3,11(5)6)13(18)19-10-4/h11H,7-10H2,1-6H3,(H,16,17).